The van der Waals surface area contributed by atoms with Gasteiger partial charge in [-0.25, -0.2) is 0 Å². The van der Waals surface area contributed by atoms with E-state index in [-0.39, 0.29) is 11.9 Å². The minimum absolute atomic E-state index is 0.111. The van der Waals surface area contributed by atoms with Crippen molar-refractivity contribution in [3.8, 4) is 0 Å². The molecule has 1 unspecified atom stereocenters. The van der Waals surface area contributed by atoms with E-state index in [4.69, 9.17) is 9.47 Å². The second-order valence-electron chi connectivity index (χ2n) is 5.10. The molecule has 0 radical (unpaired) electrons. The molecule has 0 aliphatic carbocycles. The summed E-state index contributed by atoms with van der Waals surface area (Å²) in [7, 11) is 0. The Morgan fingerprint density at radius 1 is 1.00 bits per heavy atom. The largest absolute Gasteiger partial charge is 0.353 e. The first-order valence-electron chi connectivity index (χ1n) is 7.25. The first-order valence-corrected chi connectivity index (χ1v) is 7.25. The molecule has 1 heterocycles. The van der Waals surface area contributed by atoms with Gasteiger partial charge in [0.25, 0.3) is 0 Å². The van der Waals surface area contributed by atoms with Gasteiger partial charge in [-0.05, 0) is 24.5 Å². The zero-order valence-corrected chi connectivity index (χ0v) is 11.8. The summed E-state index contributed by atoms with van der Waals surface area (Å²) in [6, 6.07) is 20.9. The van der Waals surface area contributed by atoms with E-state index in [9.17, 15) is 0 Å². The number of hydrogen-bond donors (Lipinski definition) is 0. The van der Waals surface area contributed by atoms with Crippen molar-refractivity contribution in [3.63, 3.8) is 0 Å². The molecule has 2 aromatic rings. The fourth-order valence-electron chi connectivity index (χ4n) is 2.97. The fourth-order valence-corrected chi connectivity index (χ4v) is 2.97. The van der Waals surface area contributed by atoms with E-state index in [1.54, 1.807) is 0 Å². The average molecular weight is 268 g/mol. The van der Waals surface area contributed by atoms with E-state index in [0.29, 0.717) is 6.61 Å². The highest BCUT2D eigenvalue weighted by Crippen LogP contribution is 2.44. The summed E-state index contributed by atoms with van der Waals surface area (Å²) in [5.41, 5.74) is 2.03. The topological polar surface area (TPSA) is 18.5 Å². The molecule has 20 heavy (non-hydrogen) atoms. The molecule has 0 spiro atoms. The highest BCUT2D eigenvalue weighted by molar-refractivity contribution is 5.37. The lowest BCUT2D eigenvalue weighted by Gasteiger charge is -2.30. The molecule has 1 atom stereocenters. The third-order valence-corrected chi connectivity index (χ3v) is 3.90. The molecular weight excluding hydrogens is 248 g/mol. The van der Waals surface area contributed by atoms with Crippen molar-refractivity contribution in [1.29, 1.82) is 0 Å². The summed E-state index contributed by atoms with van der Waals surface area (Å²) < 4.78 is 12.0. The zero-order chi connectivity index (χ0) is 13.8. The molecule has 2 heteroatoms. The van der Waals surface area contributed by atoms with E-state index in [1.165, 1.54) is 11.1 Å². The van der Waals surface area contributed by atoms with Crippen LogP contribution in [0.15, 0.2) is 60.7 Å². The van der Waals surface area contributed by atoms with E-state index >= 15 is 0 Å². The second kappa shape index (κ2) is 5.78. The van der Waals surface area contributed by atoms with Crippen molar-refractivity contribution in [2.45, 2.75) is 31.7 Å². The van der Waals surface area contributed by atoms with Crippen molar-refractivity contribution in [2.75, 3.05) is 6.61 Å². The van der Waals surface area contributed by atoms with Gasteiger partial charge in [0.2, 0.25) is 0 Å². The van der Waals surface area contributed by atoms with Crippen LogP contribution in [0.1, 0.15) is 30.9 Å². The van der Waals surface area contributed by atoms with Gasteiger partial charge in [0, 0.05) is 13.0 Å². The summed E-state index contributed by atoms with van der Waals surface area (Å²) in [5.74, 6) is 0. The van der Waals surface area contributed by atoms with Gasteiger partial charge in [-0.3, -0.25) is 0 Å². The minimum atomic E-state index is -0.373. The van der Waals surface area contributed by atoms with Gasteiger partial charge in [0.05, 0.1) is 0 Å². The molecule has 1 fully saturated rings. The Bertz CT molecular complexity index is 496. The van der Waals surface area contributed by atoms with Gasteiger partial charge in [0.15, 0.2) is 6.29 Å². The summed E-state index contributed by atoms with van der Waals surface area (Å²) >= 11 is 0. The van der Waals surface area contributed by atoms with Crippen molar-refractivity contribution < 1.29 is 9.47 Å². The second-order valence-corrected chi connectivity index (χ2v) is 5.10. The molecule has 2 nitrogen and oxygen atoms in total. The highest BCUT2D eigenvalue weighted by atomic mass is 16.7. The van der Waals surface area contributed by atoms with Gasteiger partial charge in [-0.15, -0.1) is 0 Å². The summed E-state index contributed by atoms with van der Waals surface area (Å²) in [4.78, 5) is 0. The van der Waals surface area contributed by atoms with Crippen LogP contribution in [0, 0.1) is 0 Å². The molecule has 1 aliphatic heterocycles. The number of hydrogen-bond acceptors (Lipinski definition) is 2. The van der Waals surface area contributed by atoms with Crippen LogP contribution in [-0.2, 0) is 15.1 Å². The lowest BCUT2D eigenvalue weighted by Crippen LogP contribution is -2.28. The van der Waals surface area contributed by atoms with Crippen LogP contribution < -0.4 is 0 Å². The highest BCUT2D eigenvalue weighted by Gasteiger charge is 2.43. The third-order valence-electron chi connectivity index (χ3n) is 3.90. The van der Waals surface area contributed by atoms with Crippen LogP contribution in [0.25, 0.3) is 0 Å². The molecule has 0 saturated carbocycles. The molecule has 1 aliphatic rings. The quantitative estimate of drug-likeness (QED) is 0.831. The van der Waals surface area contributed by atoms with E-state index in [2.05, 4.69) is 48.5 Å². The predicted octanol–water partition coefficient (Wildman–Crippen LogP) is 4.10. The standard InChI is InChI=1S/C18H20O2/c1-2-19-17-13-14-18(20-17,15-9-5-3-6-10-15)16-11-7-4-8-12-16/h3-12,17H,2,13-14H2,1H3. The molecule has 0 N–H and O–H groups in total. The Morgan fingerprint density at radius 3 is 2.05 bits per heavy atom. The predicted molar refractivity (Wildman–Crippen MR) is 79.4 cm³/mol. The molecule has 3 rings (SSSR count). The van der Waals surface area contributed by atoms with Gasteiger partial charge in [0.1, 0.15) is 5.60 Å². The molecule has 2 aromatic carbocycles. The number of ether oxygens (including phenoxy) is 2. The smallest absolute Gasteiger partial charge is 0.159 e. The molecular formula is C18H20O2. The molecule has 104 valence electrons. The number of benzene rings is 2. The maximum Gasteiger partial charge on any atom is 0.159 e. The Morgan fingerprint density at radius 2 is 1.55 bits per heavy atom. The van der Waals surface area contributed by atoms with E-state index in [0.717, 1.165) is 12.8 Å². The zero-order valence-electron chi connectivity index (χ0n) is 11.8. The van der Waals surface area contributed by atoms with Crippen LogP contribution in [-0.4, -0.2) is 12.9 Å². The van der Waals surface area contributed by atoms with E-state index < -0.39 is 0 Å². The van der Waals surface area contributed by atoms with E-state index in [1.807, 2.05) is 19.1 Å². The normalized spacial score (nSPS) is 20.9. The fraction of sp³-hybridized carbons (Fsp3) is 0.333. The van der Waals surface area contributed by atoms with Crippen LogP contribution in [0.3, 0.4) is 0 Å². The third kappa shape index (κ3) is 2.37. The van der Waals surface area contributed by atoms with Crippen molar-refractivity contribution >= 4 is 0 Å². The molecule has 0 bridgehead atoms. The van der Waals surface area contributed by atoms with Gasteiger partial charge < -0.3 is 9.47 Å². The molecule has 0 amide bonds. The number of rotatable bonds is 4. The summed E-state index contributed by atoms with van der Waals surface area (Å²) in [5, 5.41) is 0. The Kier molecular flexibility index (Phi) is 3.86. The maximum absolute atomic E-state index is 6.34. The summed E-state index contributed by atoms with van der Waals surface area (Å²) in [6.07, 6.45) is 1.77. The Labute approximate surface area is 120 Å². The average Bonchev–Trinajstić information content (AvgIpc) is 2.95. The minimum Gasteiger partial charge on any atom is -0.353 e. The van der Waals surface area contributed by atoms with Gasteiger partial charge >= 0.3 is 0 Å². The van der Waals surface area contributed by atoms with Crippen LogP contribution >= 0.6 is 0 Å². The first kappa shape index (κ1) is 13.3. The van der Waals surface area contributed by atoms with Crippen molar-refractivity contribution in [3.05, 3.63) is 71.8 Å². The lowest BCUT2D eigenvalue weighted by atomic mass is 9.84. The lowest BCUT2D eigenvalue weighted by molar-refractivity contribution is -0.156. The summed E-state index contributed by atoms with van der Waals surface area (Å²) in [6.45, 7) is 2.69. The SMILES string of the molecule is CCOC1CCC(c2ccccc2)(c2ccccc2)O1. The Balaban J connectivity index is 2.01. The first-order chi connectivity index (χ1) is 9.85. The monoisotopic (exact) mass is 268 g/mol. The van der Waals surface area contributed by atoms with Gasteiger partial charge in [-0.1, -0.05) is 60.7 Å². The van der Waals surface area contributed by atoms with Crippen LogP contribution in [0.4, 0.5) is 0 Å². The van der Waals surface area contributed by atoms with Crippen molar-refractivity contribution in [1.82, 2.24) is 0 Å². The molecule has 0 aromatic heterocycles. The molecule has 1 saturated heterocycles. The van der Waals surface area contributed by atoms with Crippen LogP contribution in [0.5, 0.6) is 0 Å². The van der Waals surface area contributed by atoms with Crippen molar-refractivity contribution in [2.24, 2.45) is 0 Å². The Hall–Kier alpha value is -1.64. The van der Waals surface area contributed by atoms with Gasteiger partial charge in [-0.2, -0.15) is 0 Å². The van der Waals surface area contributed by atoms with Crippen LogP contribution in [0.2, 0.25) is 0 Å². The maximum atomic E-state index is 6.34.